The van der Waals surface area contributed by atoms with Crippen LogP contribution in [0.1, 0.15) is 52.0 Å². The molecule has 0 saturated carbocycles. The molecule has 2 heterocycles. The van der Waals surface area contributed by atoms with Gasteiger partial charge in [0.25, 0.3) is 0 Å². The third kappa shape index (κ3) is 5.07. The summed E-state index contributed by atoms with van der Waals surface area (Å²) in [4.78, 5) is 27.0. The molecule has 2 aliphatic rings. The van der Waals surface area contributed by atoms with Gasteiger partial charge in [0.1, 0.15) is 11.4 Å². The van der Waals surface area contributed by atoms with Gasteiger partial charge in [-0.05, 0) is 71.3 Å². The summed E-state index contributed by atoms with van der Waals surface area (Å²) < 4.78 is 18.6. The molecule has 0 radical (unpaired) electrons. The van der Waals surface area contributed by atoms with Crippen LogP contribution >= 0.6 is 0 Å². The van der Waals surface area contributed by atoms with Crippen molar-refractivity contribution >= 4 is 12.0 Å². The number of likely N-dealkylation sites (tertiary alicyclic amines) is 1. The number of alkyl carbamates (subject to hydrolysis) is 1. The lowest BCUT2D eigenvalue weighted by atomic mass is 9.68. The smallest absolute Gasteiger partial charge is 0.407 e. The summed E-state index contributed by atoms with van der Waals surface area (Å²) in [6.45, 7) is 10.3. The molecular formula is C22H32FN3O3. The summed E-state index contributed by atoms with van der Waals surface area (Å²) in [6.07, 6.45) is 1.09. The number of benzene rings is 1. The predicted octanol–water partition coefficient (Wildman–Crippen LogP) is 3.03. The summed E-state index contributed by atoms with van der Waals surface area (Å²) in [5, 5.41) is 5.90. The highest BCUT2D eigenvalue weighted by molar-refractivity contribution is 5.86. The molecule has 160 valence electrons. The Labute approximate surface area is 172 Å². The van der Waals surface area contributed by atoms with Crippen molar-refractivity contribution in [2.24, 2.45) is 5.41 Å². The van der Waals surface area contributed by atoms with Gasteiger partial charge in [0.05, 0.1) is 5.41 Å². The second-order valence-corrected chi connectivity index (χ2v) is 9.32. The molecule has 2 amide bonds. The van der Waals surface area contributed by atoms with E-state index in [0.29, 0.717) is 13.1 Å². The van der Waals surface area contributed by atoms with Gasteiger partial charge in [0.15, 0.2) is 0 Å². The molecule has 6 nitrogen and oxygen atoms in total. The first-order valence-electron chi connectivity index (χ1n) is 10.3. The van der Waals surface area contributed by atoms with E-state index in [9.17, 15) is 14.0 Å². The highest BCUT2D eigenvalue weighted by Crippen LogP contribution is 2.47. The van der Waals surface area contributed by atoms with Crippen molar-refractivity contribution in [2.45, 2.75) is 58.1 Å². The first-order valence-corrected chi connectivity index (χ1v) is 10.3. The lowest BCUT2D eigenvalue weighted by Crippen LogP contribution is -2.50. The number of nitrogens with zero attached hydrogens (tertiary/aromatic N) is 1. The summed E-state index contributed by atoms with van der Waals surface area (Å²) in [5.74, 6) is -0.0946. The molecule has 3 rings (SSSR count). The third-order valence-corrected chi connectivity index (χ3v) is 5.90. The van der Waals surface area contributed by atoms with Gasteiger partial charge < -0.3 is 20.3 Å². The highest BCUT2D eigenvalue weighted by atomic mass is 19.1. The maximum atomic E-state index is 13.3. The van der Waals surface area contributed by atoms with Gasteiger partial charge in [-0.1, -0.05) is 12.1 Å². The fourth-order valence-corrected chi connectivity index (χ4v) is 4.51. The number of amides is 2. The molecular weight excluding hydrogens is 373 g/mol. The van der Waals surface area contributed by atoms with E-state index in [-0.39, 0.29) is 23.7 Å². The average Bonchev–Trinajstić information content (AvgIpc) is 2.92. The minimum Gasteiger partial charge on any atom is -0.444 e. The van der Waals surface area contributed by atoms with Crippen molar-refractivity contribution in [2.75, 3.05) is 26.2 Å². The first-order chi connectivity index (χ1) is 13.6. The number of hydrogen-bond donors (Lipinski definition) is 2. The van der Waals surface area contributed by atoms with E-state index in [4.69, 9.17) is 4.74 Å². The van der Waals surface area contributed by atoms with Crippen LogP contribution in [-0.2, 0) is 9.53 Å². The molecule has 2 N–H and O–H groups in total. The maximum Gasteiger partial charge on any atom is 0.407 e. The van der Waals surface area contributed by atoms with Gasteiger partial charge in [-0.2, -0.15) is 0 Å². The molecule has 0 bridgehead atoms. The summed E-state index contributed by atoms with van der Waals surface area (Å²) in [5.41, 5.74) is 0.0565. The van der Waals surface area contributed by atoms with Crippen molar-refractivity contribution in [3.8, 4) is 0 Å². The zero-order chi connectivity index (χ0) is 21.2. The van der Waals surface area contributed by atoms with Gasteiger partial charge >= 0.3 is 6.09 Å². The topological polar surface area (TPSA) is 70.7 Å². The Morgan fingerprint density at radius 3 is 2.52 bits per heavy atom. The number of halogens is 1. The minimum atomic E-state index is -0.521. The Balaban J connectivity index is 1.57. The zero-order valence-corrected chi connectivity index (χ0v) is 17.8. The Bertz CT molecular complexity index is 737. The van der Waals surface area contributed by atoms with Crippen LogP contribution in [0.4, 0.5) is 9.18 Å². The van der Waals surface area contributed by atoms with Crippen LogP contribution in [0.5, 0.6) is 0 Å². The van der Waals surface area contributed by atoms with Crippen LogP contribution in [0.3, 0.4) is 0 Å². The molecule has 29 heavy (non-hydrogen) atoms. The molecule has 2 atom stereocenters. The van der Waals surface area contributed by atoms with E-state index in [2.05, 4.69) is 15.5 Å². The number of rotatable bonds is 4. The molecule has 1 spiro atoms. The van der Waals surface area contributed by atoms with Crippen molar-refractivity contribution in [3.05, 3.63) is 35.6 Å². The van der Waals surface area contributed by atoms with E-state index in [0.717, 1.165) is 31.5 Å². The SMILES string of the molecule is CC(CN1CCC2(CC1)C(=O)NCC2c1ccc(F)cc1)NC(=O)OC(C)(C)C. The lowest BCUT2D eigenvalue weighted by Gasteiger charge is -2.41. The van der Waals surface area contributed by atoms with Gasteiger partial charge in [-0.25, -0.2) is 9.18 Å². The summed E-state index contributed by atoms with van der Waals surface area (Å²) in [6, 6.07) is 6.46. The van der Waals surface area contributed by atoms with Crippen molar-refractivity contribution in [1.29, 1.82) is 0 Å². The van der Waals surface area contributed by atoms with Crippen LogP contribution in [0.15, 0.2) is 24.3 Å². The van der Waals surface area contributed by atoms with Crippen LogP contribution < -0.4 is 10.6 Å². The number of carbonyl (C=O) groups excluding carboxylic acids is 2. The average molecular weight is 406 g/mol. The van der Waals surface area contributed by atoms with Gasteiger partial charge in [-0.3, -0.25) is 4.79 Å². The second kappa shape index (κ2) is 8.30. The maximum absolute atomic E-state index is 13.3. The predicted molar refractivity (Wildman–Crippen MR) is 109 cm³/mol. The van der Waals surface area contributed by atoms with Gasteiger partial charge in [-0.15, -0.1) is 0 Å². The quantitative estimate of drug-likeness (QED) is 0.808. The number of nitrogens with one attached hydrogen (secondary N) is 2. The molecule has 2 aliphatic heterocycles. The normalized spacial score (nSPS) is 22.9. The summed E-state index contributed by atoms with van der Waals surface area (Å²) >= 11 is 0. The Morgan fingerprint density at radius 1 is 1.31 bits per heavy atom. The standard InChI is InChI=1S/C22H32FN3O3/c1-15(25-20(28)29-21(2,3)4)14-26-11-9-22(10-12-26)18(13-24-19(22)27)16-5-7-17(23)8-6-16/h5-8,15,18H,9-14H2,1-4H3,(H,24,27)(H,25,28). The molecule has 0 aliphatic carbocycles. The Kier molecular flexibility index (Phi) is 6.17. The van der Waals surface area contributed by atoms with Crippen molar-refractivity contribution in [3.63, 3.8) is 0 Å². The van der Waals surface area contributed by atoms with Crippen LogP contribution in [-0.4, -0.2) is 54.7 Å². The van der Waals surface area contributed by atoms with E-state index < -0.39 is 17.1 Å². The molecule has 2 unspecified atom stereocenters. The molecule has 7 heteroatoms. The monoisotopic (exact) mass is 405 g/mol. The number of carbonyl (C=O) groups is 2. The molecule has 1 aromatic rings. The Morgan fingerprint density at radius 2 is 1.93 bits per heavy atom. The van der Waals surface area contributed by atoms with Crippen molar-refractivity contribution < 1.29 is 18.7 Å². The molecule has 0 aromatic heterocycles. The van der Waals surface area contributed by atoms with E-state index >= 15 is 0 Å². The first kappa shape index (κ1) is 21.6. The van der Waals surface area contributed by atoms with E-state index in [1.165, 1.54) is 12.1 Å². The minimum absolute atomic E-state index is 0.0517. The van der Waals surface area contributed by atoms with Crippen LogP contribution in [0.25, 0.3) is 0 Å². The van der Waals surface area contributed by atoms with Crippen LogP contribution in [0, 0.1) is 11.2 Å². The highest BCUT2D eigenvalue weighted by Gasteiger charge is 2.51. The third-order valence-electron chi connectivity index (χ3n) is 5.90. The van der Waals surface area contributed by atoms with Gasteiger partial charge in [0.2, 0.25) is 5.91 Å². The van der Waals surface area contributed by atoms with Crippen molar-refractivity contribution in [1.82, 2.24) is 15.5 Å². The largest absolute Gasteiger partial charge is 0.444 e. The lowest BCUT2D eigenvalue weighted by molar-refractivity contribution is -0.130. The fraction of sp³-hybridized carbons (Fsp3) is 0.636. The fourth-order valence-electron chi connectivity index (χ4n) is 4.51. The number of hydrogen-bond acceptors (Lipinski definition) is 4. The molecule has 2 fully saturated rings. The summed E-state index contributed by atoms with van der Waals surface area (Å²) in [7, 11) is 0. The number of ether oxygens (including phenoxy) is 1. The molecule has 2 saturated heterocycles. The zero-order valence-electron chi connectivity index (χ0n) is 17.8. The number of piperidine rings is 1. The Hall–Kier alpha value is -2.15. The molecule has 1 aromatic carbocycles. The van der Waals surface area contributed by atoms with E-state index in [1.54, 1.807) is 12.1 Å². The van der Waals surface area contributed by atoms with E-state index in [1.807, 2.05) is 27.7 Å². The second-order valence-electron chi connectivity index (χ2n) is 9.32. The van der Waals surface area contributed by atoms with Crippen LogP contribution in [0.2, 0.25) is 0 Å². The van der Waals surface area contributed by atoms with Gasteiger partial charge in [0, 0.05) is 25.0 Å².